The molecule has 1 aliphatic heterocycles. The lowest BCUT2D eigenvalue weighted by Crippen LogP contribution is -2.36. The van der Waals surface area contributed by atoms with Crippen LogP contribution in [-0.2, 0) is 6.42 Å². The lowest BCUT2D eigenvalue weighted by atomic mass is 10.1. The highest BCUT2D eigenvalue weighted by Crippen LogP contribution is 2.32. The molecule has 5 nitrogen and oxygen atoms in total. The summed E-state index contributed by atoms with van der Waals surface area (Å²) in [6.45, 7) is 6.81. The van der Waals surface area contributed by atoms with Gasteiger partial charge in [0.15, 0.2) is 0 Å². The Labute approximate surface area is 136 Å². The van der Waals surface area contributed by atoms with Crippen LogP contribution in [0.5, 0.6) is 0 Å². The van der Waals surface area contributed by atoms with Crippen LogP contribution in [-0.4, -0.2) is 28.5 Å². The average molecular weight is 310 g/mol. The number of aromatic nitrogens is 2. The molecule has 120 valence electrons. The van der Waals surface area contributed by atoms with Crippen molar-refractivity contribution in [1.29, 1.82) is 0 Å². The van der Waals surface area contributed by atoms with Gasteiger partial charge in [0.05, 0.1) is 0 Å². The monoisotopic (exact) mass is 310 g/mol. The number of carbonyl (C=O) groups excluding carboxylic acids is 1. The van der Waals surface area contributed by atoms with Gasteiger partial charge in [-0.2, -0.15) is 0 Å². The molecule has 0 bridgehead atoms. The van der Waals surface area contributed by atoms with Crippen molar-refractivity contribution in [2.75, 3.05) is 16.8 Å². The topological polar surface area (TPSA) is 58.1 Å². The van der Waals surface area contributed by atoms with Crippen molar-refractivity contribution in [3.63, 3.8) is 0 Å². The van der Waals surface area contributed by atoms with Crippen LogP contribution in [0.25, 0.3) is 0 Å². The molecule has 1 N–H and O–H groups in total. The lowest BCUT2D eigenvalue weighted by molar-refractivity contribution is 0.0976. The van der Waals surface area contributed by atoms with Crippen molar-refractivity contribution in [3.8, 4) is 0 Å². The fourth-order valence-electron chi connectivity index (χ4n) is 3.02. The van der Waals surface area contributed by atoms with Gasteiger partial charge in [0, 0.05) is 24.3 Å². The van der Waals surface area contributed by atoms with Crippen LogP contribution in [0.2, 0.25) is 0 Å². The van der Waals surface area contributed by atoms with Gasteiger partial charge in [-0.1, -0.05) is 25.1 Å². The van der Waals surface area contributed by atoms with Crippen LogP contribution in [0.15, 0.2) is 30.3 Å². The molecular weight excluding hydrogens is 288 g/mol. The second kappa shape index (κ2) is 6.36. The summed E-state index contributed by atoms with van der Waals surface area (Å²) in [5.74, 6) is 1.25. The first kappa shape index (κ1) is 15.5. The Hall–Kier alpha value is -2.43. The van der Waals surface area contributed by atoms with E-state index in [1.54, 1.807) is 6.07 Å². The van der Waals surface area contributed by atoms with Gasteiger partial charge in [-0.05, 0) is 38.3 Å². The predicted molar refractivity (Wildman–Crippen MR) is 92.0 cm³/mol. The number of fused-ring (bicyclic) bond motifs is 1. The number of para-hydroxylation sites is 1. The van der Waals surface area contributed by atoms with Crippen molar-refractivity contribution in [2.45, 2.75) is 39.7 Å². The number of nitrogens with zero attached hydrogens (tertiary/aromatic N) is 3. The molecule has 2 aromatic rings. The maximum atomic E-state index is 13.0. The Kier molecular flexibility index (Phi) is 4.28. The molecule has 0 saturated carbocycles. The smallest absolute Gasteiger partial charge is 0.277 e. The highest BCUT2D eigenvalue weighted by molar-refractivity contribution is 6.06. The van der Waals surface area contributed by atoms with Gasteiger partial charge >= 0.3 is 0 Å². The van der Waals surface area contributed by atoms with Crippen LogP contribution in [0, 0.1) is 6.92 Å². The van der Waals surface area contributed by atoms with Gasteiger partial charge in [0.25, 0.3) is 5.91 Å². The van der Waals surface area contributed by atoms with E-state index >= 15 is 0 Å². The summed E-state index contributed by atoms with van der Waals surface area (Å²) in [5.41, 5.74) is 2.65. The maximum Gasteiger partial charge on any atom is 0.277 e. The molecule has 1 aromatic heterocycles. The standard InChI is InChI=1S/C18H22N4O/c1-4-9-19-17-11-15(20-13(3)21-17)18(23)22-12(2)10-14-7-5-6-8-16(14)22/h5-8,11-12H,4,9-10H2,1-3H3,(H,19,20,21). The number of anilines is 2. The van der Waals surface area contributed by atoms with E-state index in [2.05, 4.69) is 35.2 Å². The fraction of sp³-hybridized carbons (Fsp3) is 0.389. The van der Waals surface area contributed by atoms with E-state index in [-0.39, 0.29) is 11.9 Å². The van der Waals surface area contributed by atoms with Crippen molar-refractivity contribution in [3.05, 3.63) is 47.4 Å². The van der Waals surface area contributed by atoms with Crippen molar-refractivity contribution < 1.29 is 4.79 Å². The summed E-state index contributed by atoms with van der Waals surface area (Å²) in [7, 11) is 0. The maximum absolute atomic E-state index is 13.0. The van der Waals surface area contributed by atoms with E-state index in [0.717, 1.165) is 25.1 Å². The number of rotatable bonds is 4. The number of aryl methyl sites for hydroxylation is 1. The van der Waals surface area contributed by atoms with E-state index < -0.39 is 0 Å². The Morgan fingerprint density at radius 2 is 2.13 bits per heavy atom. The summed E-state index contributed by atoms with van der Waals surface area (Å²) in [6.07, 6.45) is 1.88. The van der Waals surface area contributed by atoms with E-state index in [9.17, 15) is 4.79 Å². The van der Waals surface area contributed by atoms with Gasteiger partial charge in [0.2, 0.25) is 0 Å². The van der Waals surface area contributed by atoms with Crippen LogP contribution in [0.1, 0.15) is 42.1 Å². The summed E-state index contributed by atoms with van der Waals surface area (Å²) in [4.78, 5) is 23.6. The first-order chi connectivity index (χ1) is 11.1. The number of nitrogens with one attached hydrogen (secondary N) is 1. The second-order valence-electron chi connectivity index (χ2n) is 5.97. The average Bonchev–Trinajstić information content (AvgIpc) is 2.87. The Balaban J connectivity index is 1.93. The van der Waals surface area contributed by atoms with Gasteiger partial charge in [0.1, 0.15) is 17.3 Å². The van der Waals surface area contributed by atoms with E-state index in [4.69, 9.17) is 0 Å². The van der Waals surface area contributed by atoms with Gasteiger partial charge < -0.3 is 10.2 Å². The zero-order valence-corrected chi connectivity index (χ0v) is 13.8. The highest BCUT2D eigenvalue weighted by Gasteiger charge is 2.32. The molecule has 23 heavy (non-hydrogen) atoms. The molecule has 0 fully saturated rings. The number of hydrogen-bond donors (Lipinski definition) is 1. The van der Waals surface area contributed by atoms with Crippen molar-refractivity contribution in [1.82, 2.24) is 9.97 Å². The predicted octanol–water partition coefficient (Wildman–Crippen LogP) is 3.20. The third-order valence-corrected chi connectivity index (χ3v) is 4.04. The molecule has 2 heterocycles. The number of amides is 1. The molecule has 0 saturated heterocycles. The largest absolute Gasteiger partial charge is 0.370 e. The first-order valence-electron chi connectivity index (χ1n) is 8.11. The summed E-state index contributed by atoms with van der Waals surface area (Å²) in [6, 6.07) is 9.96. The zero-order valence-electron chi connectivity index (χ0n) is 13.8. The molecule has 1 amide bonds. The Morgan fingerprint density at radius 3 is 2.91 bits per heavy atom. The van der Waals surface area contributed by atoms with Crippen LogP contribution in [0.4, 0.5) is 11.5 Å². The Morgan fingerprint density at radius 1 is 1.35 bits per heavy atom. The van der Waals surface area contributed by atoms with Crippen LogP contribution in [0.3, 0.4) is 0 Å². The molecule has 1 aromatic carbocycles. The summed E-state index contributed by atoms with van der Waals surface area (Å²) in [5, 5.41) is 3.23. The van der Waals surface area contributed by atoms with Gasteiger partial charge in [-0.15, -0.1) is 0 Å². The van der Waals surface area contributed by atoms with Gasteiger partial charge in [-0.3, -0.25) is 4.79 Å². The number of carbonyl (C=O) groups is 1. The molecule has 0 aliphatic carbocycles. The lowest BCUT2D eigenvalue weighted by Gasteiger charge is -2.22. The van der Waals surface area contributed by atoms with Crippen LogP contribution >= 0.6 is 0 Å². The van der Waals surface area contributed by atoms with Crippen LogP contribution < -0.4 is 10.2 Å². The molecule has 1 aliphatic rings. The van der Waals surface area contributed by atoms with E-state index in [1.165, 1.54) is 5.56 Å². The Bertz CT molecular complexity index is 729. The number of hydrogen-bond acceptors (Lipinski definition) is 4. The zero-order chi connectivity index (χ0) is 16.4. The second-order valence-corrected chi connectivity index (χ2v) is 5.97. The molecule has 3 rings (SSSR count). The normalized spacial score (nSPS) is 16.3. The molecular formula is C18H22N4O. The molecule has 1 atom stereocenters. The van der Waals surface area contributed by atoms with E-state index in [1.807, 2.05) is 30.0 Å². The van der Waals surface area contributed by atoms with Gasteiger partial charge in [-0.25, -0.2) is 9.97 Å². The number of benzene rings is 1. The summed E-state index contributed by atoms with van der Waals surface area (Å²) >= 11 is 0. The van der Waals surface area contributed by atoms with Crippen molar-refractivity contribution in [2.24, 2.45) is 0 Å². The highest BCUT2D eigenvalue weighted by atomic mass is 16.2. The molecule has 5 heteroatoms. The first-order valence-corrected chi connectivity index (χ1v) is 8.11. The summed E-state index contributed by atoms with van der Waals surface area (Å²) < 4.78 is 0. The molecule has 0 spiro atoms. The third-order valence-electron chi connectivity index (χ3n) is 4.04. The molecule has 1 unspecified atom stereocenters. The molecule has 0 radical (unpaired) electrons. The minimum Gasteiger partial charge on any atom is -0.370 e. The van der Waals surface area contributed by atoms with E-state index in [0.29, 0.717) is 17.3 Å². The minimum absolute atomic E-state index is 0.0625. The fourth-order valence-corrected chi connectivity index (χ4v) is 3.02. The quantitative estimate of drug-likeness (QED) is 0.942. The van der Waals surface area contributed by atoms with Crippen molar-refractivity contribution >= 4 is 17.4 Å². The SMILES string of the molecule is CCCNc1cc(C(=O)N2c3ccccc3CC2C)nc(C)n1. The third kappa shape index (κ3) is 3.04. The minimum atomic E-state index is -0.0625.